The lowest BCUT2D eigenvalue weighted by atomic mass is 10.1. The smallest absolute Gasteiger partial charge is 0.227 e. The van der Waals surface area contributed by atoms with E-state index in [1.165, 1.54) is 13.0 Å². The van der Waals surface area contributed by atoms with Gasteiger partial charge >= 0.3 is 0 Å². The number of carbonyl (C=O) groups excluding carboxylic acids is 2. The summed E-state index contributed by atoms with van der Waals surface area (Å²) in [6.07, 6.45) is 0.0953. The van der Waals surface area contributed by atoms with Gasteiger partial charge in [-0.3, -0.25) is 9.59 Å². The van der Waals surface area contributed by atoms with Crippen molar-refractivity contribution in [3.8, 4) is 0 Å². The normalized spacial score (nSPS) is 14.2. The van der Waals surface area contributed by atoms with E-state index in [1.807, 2.05) is 24.3 Å². The molecule has 0 aliphatic carbocycles. The Morgan fingerprint density at radius 2 is 1.65 bits per heavy atom. The summed E-state index contributed by atoms with van der Waals surface area (Å²) in [5.41, 5.74) is 2.26. The third kappa shape index (κ3) is 4.39. The molecule has 6 heteroatoms. The van der Waals surface area contributed by atoms with Crippen LogP contribution in [-0.4, -0.2) is 42.9 Å². The fourth-order valence-corrected chi connectivity index (χ4v) is 3.09. The summed E-state index contributed by atoms with van der Waals surface area (Å²) >= 11 is 0. The lowest BCUT2D eigenvalue weighted by Gasteiger charge is -2.36. The number of nitrogens with zero attached hydrogens (tertiary/aromatic N) is 2. The predicted octanol–water partition coefficient (Wildman–Crippen LogP) is 2.68. The van der Waals surface area contributed by atoms with Gasteiger partial charge in [-0.25, -0.2) is 4.39 Å². The molecule has 1 aliphatic rings. The van der Waals surface area contributed by atoms with Gasteiger partial charge in [0.05, 0.1) is 6.42 Å². The Balaban J connectivity index is 1.54. The monoisotopic (exact) mass is 355 g/mol. The molecule has 0 atom stereocenters. The fourth-order valence-electron chi connectivity index (χ4n) is 3.09. The van der Waals surface area contributed by atoms with Gasteiger partial charge in [0.25, 0.3) is 0 Å². The highest BCUT2D eigenvalue weighted by molar-refractivity contribution is 5.88. The van der Waals surface area contributed by atoms with E-state index in [4.69, 9.17) is 0 Å². The molecule has 1 heterocycles. The molecule has 0 bridgehead atoms. The molecule has 0 saturated carbocycles. The summed E-state index contributed by atoms with van der Waals surface area (Å²) in [4.78, 5) is 27.5. The quantitative estimate of drug-likeness (QED) is 0.917. The van der Waals surface area contributed by atoms with Crippen molar-refractivity contribution in [1.29, 1.82) is 0 Å². The fraction of sp³-hybridized carbons (Fsp3) is 0.300. The second kappa shape index (κ2) is 7.99. The van der Waals surface area contributed by atoms with Crippen LogP contribution in [0.15, 0.2) is 48.5 Å². The molecule has 136 valence electrons. The number of carbonyl (C=O) groups is 2. The number of hydrogen-bond acceptors (Lipinski definition) is 3. The van der Waals surface area contributed by atoms with Gasteiger partial charge in [-0.2, -0.15) is 0 Å². The van der Waals surface area contributed by atoms with Gasteiger partial charge < -0.3 is 15.1 Å². The number of piperazine rings is 1. The maximum absolute atomic E-state index is 13.7. The average Bonchev–Trinajstić information content (AvgIpc) is 2.64. The lowest BCUT2D eigenvalue weighted by Crippen LogP contribution is -2.49. The van der Waals surface area contributed by atoms with E-state index in [2.05, 4.69) is 10.2 Å². The van der Waals surface area contributed by atoms with Crippen molar-refractivity contribution < 1.29 is 14.0 Å². The lowest BCUT2D eigenvalue weighted by molar-refractivity contribution is -0.130. The topological polar surface area (TPSA) is 52.7 Å². The summed E-state index contributed by atoms with van der Waals surface area (Å²) in [5, 5.41) is 2.74. The van der Waals surface area contributed by atoms with Crippen LogP contribution < -0.4 is 10.2 Å². The van der Waals surface area contributed by atoms with Crippen LogP contribution in [0, 0.1) is 5.82 Å². The van der Waals surface area contributed by atoms with E-state index in [0.717, 1.165) is 24.5 Å². The van der Waals surface area contributed by atoms with Crippen LogP contribution in [0.4, 0.5) is 15.8 Å². The van der Waals surface area contributed by atoms with E-state index in [9.17, 15) is 14.0 Å². The number of anilines is 2. The van der Waals surface area contributed by atoms with Crippen LogP contribution in [0.2, 0.25) is 0 Å². The number of rotatable bonds is 4. The second-order valence-electron chi connectivity index (χ2n) is 6.36. The first-order chi connectivity index (χ1) is 12.5. The molecule has 1 saturated heterocycles. The Morgan fingerprint density at radius 1 is 1.00 bits per heavy atom. The molecule has 1 aliphatic heterocycles. The highest BCUT2D eigenvalue weighted by Gasteiger charge is 2.22. The average molecular weight is 355 g/mol. The molecule has 0 aromatic heterocycles. The minimum atomic E-state index is -0.334. The van der Waals surface area contributed by atoms with Gasteiger partial charge in [-0.15, -0.1) is 0 Å². The Kier molecular flexibility index (Phi) is 5.51. The minimum Gasteiger partial charge on any atom is -0.368 e. The van der Waals surface area contributed by atoms with E-state index < -0.39 is 0 Å². The maximum atomic E-state index is 13.7. The van der Waals surface area contributed by atoms with Crippen molar-refractivity contribution in [2.45, 2.75) is 13.3 Å². The number of amides is 2. The Labute approximate surface area is 152 Å². The van der Waals surface area contributed by atoms with Crippen molar-refractivity contribution in [2.24, 2.45) is 0 Å². The van der Waals surface area contributed by atoms with Crippen LogP contribution in [-0.2, 0) is 16.0 Å². The van der Waals surface area contributed by atoms with Crippen LogP contribution >= 0.6 is 0 Å². The van der Waals surface area contributed by atoms with Crippen molar-refractivity contribution in [2.75, 3.05) is 36.4 Å². The molecule has 0 unspecified atom stereocenters. The largest absolute Gasteiger partial charge is 0.368 e. The van der Waals surface area contributed by atoms with E-state index >= 15 is 0 Å². The maximum Gasteiger partial charge on any atom is 0.227 e. The molecule has 0 radical (unpaired) electrons. The molecule has 3 rings (SSSR count). The highest BCUT2D eigenvalue weighted by atomic mass is 19.1. The van der Waals surface area contributed by atoms with Crippen LogP contribution in [0.1, 0.15) is 12.5 Å². The minimum absolute atomic E-state index is 0.0456. The summed E-state index contributed by atoms with van der Waals surface area (Å²) in [6, 6.07) is 14.1. The molecule has 2 aromatic rings. The Morgan fingerprint density at radius 3 is 2.27 bits per heavy atom. The zero-order valence-corrected chi connectivity index (χ0v) is 14.7. The zero-order valence-electron chi connectivity index (χ0n) is 14.7. The summed E-state index contributed by atoms with van der Waals surface area (Å²) in [5.74, 6) is -0.478. The number of nitrogens with one attached hydrogen (secondary N) is 1. The molecule has 26 heavy (non-hydrogen) atoms. The van der Waals surface area contributed by atoms with Gasteiger partial charge in [0.2, 0.25) is 11.8 Å². The van der Waals surface area contributed by atoms with E-state index in [1.54, 1.807) is 23.1 Å². The van der Waals surface area contributed by atoms with Crippen molar-refractivity contribution in [3.05, 3.63) is 59.9 Å². The number of benzene rings is 2. The van der Waals surface area contributed by atoms with Crippen molar-refractivity contribution in [3.63, 3.8) is 0 Å². The van der Waals surface area contributed by atoms with Crippen LogP contribution in [0.3, 0.4) is 0 Å². The molecule has 1 fully saturated rings. The summed E-state index contributed by atoms with van der Waals surface area (Å²) < 4.78 is 13.7. The first-order valence-electron chi connectivity index (χ1n) is 8.67. The molecule has 1 N–H and O–H groups in total. The zero-order chi connectivity index (χ0) is 18.5. The Bertz CT molecular complexity index is 784. The number of hydrogen-bond donors (Lipinski definition) is 1. The molecule has 5 nitrogen and oxygen atoms in total. The van der Waals surface area contributed by atoms with Crippen LogP contribution in [0.25, 0.3) is 0 Å². The molecular formula is C20H22FN3O2. The summed E-state index contributed by atoms with van der Waals surface area (Å²) in [7, 11) is 0. The first-order valence-corrected chi connectivity index (χ1v) is 8.67. The van der Waals surface area contributed by atoms with Gasteiger partial charge in [-0.05, 0) is 35.9 Å². The predicted molar refractivity (Wildman–Crippen MR) is 99.6 cm³/mol. The van der Waals surface area contributed by atoms with E-state index in [-0.39, 0.29) is 24.1 Å². The van der Waals surface area contributed by atoms with E-state index in [0.29, 0.717) is 18.7 Å². The van der Waals surface area contributed by atoms with Crippen molar-refractivity contribution in [1.82, 2.24) is 4.90 Å². The third-order valence-electron chi connectivity index (χ3n) is 4.48. The SMILES string of the molecule is CC(=O)Nc1ccc(N2CCN(C(=O)Cc3ccccc3F)CC2)cc1. The standard InChI is InChI=1S/C20H22FN3O2/c1-15(25)22-17-6-8-18(9-7-17)23-10-12-24(13-11-23)20(26)14-16-4-2-3-5-19(16)21/h2-9H,10-14H2,1H3,(H,22,25). The second-order valence-corrected chi connectivity index (χ2v) is 6.36. The molecule has 2 aromatic carbocycles. The summed E-state index contributed by atoms with van der Waals surface area (Å²) in [6.45, 7) is 4.15. The van der Waals surface area contributed by atoms with Gasteiger partial charge in [-0.1, -0.05) is 18.2 Å². The van der Waals surface area contributed by atoms with Crippen LogP contribution in [0.5, 0.6) is 0 Å². The van der Waals surface area contributed by atoms with Crippen molar-refractivity contribution >= 4 is 23.2 Å². The van der Waals surface area contributed by atoms with Gasteiger partial charge in [0.15, 0.2) is 0 Å². The van der Waals surface area contributed by atoms with Gasteiger partial charge in [0, 0.05) is 44.5 Å². The molecule has 2 amide bonds. The third-order valence-corrected chi connectivity index (χ3v) is 4.48. The molecular weight excluding hydrogens is 333 g/mol. The Hall–Kier alpha value is -2.89. The highest BCUT2D eigenvalue weighted by Crippen LogP contribution is 2.20. The van der Waals surface area contributed by atoms with Gasteiger partial charge in [0.1, 0.15) is 5.82 Å². The first kappa shape index (κ1) is 17.9. The number of halogens is 1. The molecule has 0 spiro atoms.